The summed E-state index contributed by atoms with van der Waals surface area (Å²) in [5.41, 5.74) is 1.73. The molecule has 20 heavy (non-hydrogen) atoms. The molecule has 2 rings (SSSR count). The Morgan fingerprint density at radius 3 is 2.95 bits per heavy atom. The third-order valence-electron chi connectivity index (χ3n) is 2.91. The van der Waals surface area contributed by atoms with Crippen LogP contribution in [0.1, 0.15) is 25.1 Å². The quantitative estimate of drug-likeness (QED) is 0.884. The standard InChI is InChI=1S/C15H19ClFN3/c1-11(2)6-18-7-14-9-20(10-19-14)8-12-5-13(17)3-4-15(12)16/h3-5,9-11,18H,6-8H2,1-2H3. The first kappa shape index (κ1) is 15.0. The molecule has 1 aromatic carbocycles. The molecule has 0 fully saturated rings. The van der Waals surface area contributed by atoms with Crippen LogP contribution in [0.25, 0.3) is 0 Å². The number of nitrogens with zero attached hydrogens (tertiary/aromatic N) is 2. The Balaban J connectivity index is 1.97. The van der Waals surface area contributed by atoms with Crippen molar-refractivity contribution in [1.82, 2.24) is 14.9 Å². The van der Waals surface area contributed by atoms with Crippen LogP contribution in [-0.4, -0.2) is 16.1 Å². The van der Waals surface area contributed by atoms with Gasteiger partial charge in [0.2, 0.25) is 0 Å². The van der Waals surface area contributed by atoms with Crippen LogP contribution in [0, 0.1) is 11.7 Å². The smallest absolute Gasteiger partial charge is 0.123 e. The fourth-order valence-electron chi connectivity index (χ4n) is 1.93. The number of halogens is 2. The highest BCUT2D eigenvalue weighted by atomic mass is 35.5. The molecule has 0 radical (unpaired) electrons. The van der Waals surface area contributed by atoms with Gasteiger partial charge in [0.25, 0.3) is 0 Å². The van der Waals surface area contributed by atoms with Crippen LogP contribution >= 0.6 is 11.6 Å². The SMILES string of the molecule is CC(C)CNCc1cn(Cc2cc(F)ccc2Cl)cn1. The average Bonchev–Trinajstić information content (AvgIpc) is 2.81. The first-order chi connectivity index (χ1) is 9.54. The summed E-state index contributed by atoms with van der Waals surface area (Å²) >= 11 is 6.06. The molecule has 3 nitrogen and oxygen atoms in total. The van der Waals surface area contributed by atoms with Crippen LogP contribution in [0.5, 0.6) is 0 Å². The Kier molecular flexibility index (Phi) is 5.15. The van der Waals surface area contributed by atoms with Gasteiger partial charge < -0.3 is 9.88 Å². The van der Waals surface area contributed by atoms with Crippen LogP contribution in [-0.2, 0) is 13.1 Å². The summed E-state index contributed by atoms with van der Waals surface area (Å²) in [5, 5.41) is 3.91. The molecule has 2 aromatic rings. The first-order valence-electron chi connectivity index (χ1n) is 6.70. The number of rotatable bonds is 6. The monoisotopic (exact) mass is 295 g/mol. The topological polar surface area (TPSA) is 29.9 Å². The van der Waals surface area contributed by atoms with Crippen LogP contribution in [0.3, 0.4) is 0 Å². The summed E-state index contributed by atoms with van der Waals surface area (Å²) in [7, 11) is 0. The predicted octanol–water partition coefficient (Wildman–Crippen LogP) is 3.47. The van der Waals surface area contributed by atoms with Crippen molar-refractivity contribution in [3.05, 3.63) is 52.8 Å². The molecule has 1 heterocycles. The number of nitrogens with one attached hydrogen (secondary N) is 1. The Morgan fingerprint density at radius 2 is 2.20 bits per heavy atom. The maximum atomic E-state index is 13.2. The van der Waals surface area contributed by atoms with Crippen LogP contribution in [0.4, 0.5) is 4.39 Å². The minimum atomic E-state index is -0.275. The summed E-state index contributed by atoms with van der Waals surface area (Å²) in [4.78, 5) is 4.32. The second-order valence-corrected chi connectivity index (χ2v) is 5.71. The van der Waals surface area contributed by atoms with Gasteiger partial charge in [-0.3, -0.25) is 0 Å². The minimum absolute atomic E-state index is 0.275. The lowest BCUT2D eigenvalue weighted by atomic mass is 10.2. The number of aromatic nitrogens is 2. The molecule has 0 saturated heterocycles. The van der Waals surface area contributed by atoms with Crippen molar-refractivity contribution in [3.63, 3.8) is 0 Å². The Morgan fingerprint density at radius 1 is 1.40 bits per heavy atom. The molecule has 0 amide bonds. The van der Waals surface area contributed by atoms with E-state index >= 15 is 0 Å². The largest absolute Gasteiger partial charge is 0.333 e. The number of imidazole rings is 1. The van der Waals surface area contributed by atoms with E-state index in [1.807, 2.05) is 10.8 Å². The summed E-state index contributed by atoms with van der Waals surface area (Å²) in [6.45, 7) is 6.55. The molecule has 0 aliphatic rings. The van der Waals surface area contributed by atoms with E-state index in [0.29, 0.717) is 17.5 Å². The van der Waals surface area contributed by atoms with E-state index in [1.54, 1.807) is 12.4 Å². The van der Waals surface area contributed by atoms with Crippen molar-refractivity contribution in [2.24, 2.45) is 5.92 Å². The van der Waals surface area contributed by atoms with Crippen molar-refractivity contribution in [2.45, 2.75) is 26.9 Å². The highest BCUT2D eigenvalue weighted by Crippen LogP contribution is 2.18. The lowest BCUT2D eigenvalue weighted by Crippen LogP contribution is -2.19. The van der Waals surface area contributed by atoms with E-state index in [4.69, 9.17) is 11.6 Å². The molecule has 1 aromatic heterocycles. The highest BCUT2D eigenvalue weighted by molar-refractivity contribution is 6.31. The Labute approximate surface area is 123 Å². The maximum absolute atomic E-state index is 13.2. The van der Waals surface area contributed by atoms with E-state index in [-0.39, 0.29) is 5.82 Å². The molecular weight excluding hydrogens is 277 g/mol. The zero-order valence-corrected chi connectivity index (χ0v) is 12.5. The molecule has 0 saturated carbocycles. The fraction of sp³-hybridized carbons (Fsp3) is 0.400. The van der Waals surface area contributed by atoms with Gasteiger partial charge in [0.05, 0.1) is 18.6 Å². The normalized spacial score (nSPS) is 11.2. The number of hydrogen-bond acceptors (Lipinski definition) is 2. The van der Waals surface area contributed by atoms with Gasteiger partial charge in [0.1, 0.15) is 5.82 Å². The van der Waals surface area contributed by atoms with E-state index in [1.165, 1.54) is 12.1 Å². The molecule has 0 aliphatic carbocycles. The third kappa shape index (κ3) is 4.32. The van der Waals surface area contributed by atoms with E-state index in [0.717, 1.165) is 24.3 Å². The average molecular weight is 296 g/mol. The molecular formula is C15H19ClFN3. The van der Waals surface area contributed by atoms with Gasteiger partial charge in [-0.25, -0.2) is 9.37 Å². The van der Waals surface area contributed by atoms with Crippen LogP contribution in [0.15, 0.2) is 30.7 Å². The molecule has 0 atom stereocenters. The Bertz CT molecular complexity index is 566. The molecule has 0 spiro atoms. The van der Waals surface area contributed by atoms with Gasteiger partial charge in [-0.1, -0.05) is 25.4 Å². The molecule has 5 heteroatoms. The van der Waals surface area contributed by atoms with Crippen molar-refractivity contribution < 1.29 is 4.39 Å². The predicted molar refractivity (Wildman–Crippen MR) is 79.3 cm³/mol. The van der Waals surface area contributed by atoms with Gasteiger partial charge in [-0.2, -0.15) is 0 Å². The van der Waals surface area contributed by atoms with Gasteiger partial charge in [0, 0.05) is 17.8 Å². The molecule has 0 bridgehead atoms. The van der Waals surface area contributed by atoms with Crippen LogP contribution in [0.2, 0.25) is 5.02 Å². The number of benzene rings is 1. The van der Waals surface area contributed by atoms with Crippen molar-refractivity contribution >= 4 is 11.6 Å². The molecule has 1 N–H and O–H groups in total. The van der Waals surface area contributed by atoms with Crippen molar-refractivity contribution in [3.8, 4) is 0 Å². The number of hydrogen-bond donors (Lipinski definition) is 1. The lowest BCUT2D eigenvalue weighted by Gasteiger charge is -2.06. The van der Waals surface area contributed by atoms with Gasteiger partial charge in [-0.15, -0.1) is 0 Å². The van der Waals surface area contributed by atoms with Crippen LogP contribution < -0.4 is 5.32 Å². The zero-order valence-electron chi connectivity index (χ0n) is 11.7. The minimum Gasteiger partial charge on any atom is -0.333 e. The van der Waals surface area contributed by atoms with Gasteiger partial charge in [0.15, 0.2) is 0 Å². The summed E-state index contributed by atoms with van der Waals surface area (Å²) in [6, 6.07) is 4.40. The van der Waals surface area contributed by atoms with E-state index < -0.39 is 0 Å². The van der Waals surface area contributed by atoms with Gasteiger partial charge >= 0.3 is 0 Å². The Hall–Kier alpha value is -1.39. The second kappa shape index (κ2) is 6.86. The van der Waals surface area contributed by atoms with E-state index in [2.05, 4.69) is 24.1 Å². The zero-order chi connectivity index (χ0) is 14.5. The summed E-state index contributed by atoms with van der Waals surface area (Å²) < 4.78 is 15.1. The summed E-state index contributed by atoms with van der Waals surface area (Å²) in [5.74, 6) is 0.339. The third-order valence-corrected chi connectivity index (χ3v) is 3.27. The van der Waals surface area contributed by atoms with Crippen molar-refractivity contribution in [2.75, 3.05) is 6.54 Å². The van der Waals surface area contributed by atoms with Crippen molar-refractivity contribution in [1.29, 1.82) is 0 Å². The molecule has 0 aliphatic heterocycles. The first-order valence-corrected chi connectivity index (χ1v) is 7.07. The fourth-order valence-corrected chi connectivity index (χ4v) is 2.11. The second-order valence-electron chi connectivity index (χ2n) is 5.30. The van der Waals surface area contributed by atoms with E-state index in [9.17, 15) is 4.39 Å². The lowest BCUT2D eigenvalue weighted by molar-refractivity contribution is 0.548. The maximum Gasteiger partial charge on any atom is 0.123 e. The molecule has 108 valence electrons. The van der Waals surface area contributed by atoms with Gasteiger partial charge in [-0.05, 0) is 36.2 Å². The highest BCUT2D eigenvalue weighted by Gasteiger charge is 2.05. The molecule has 0 unspecified atom stereocenters. The summed E-state index contributed by atoms with van der Waals surface area (Å²) in [6.07, 6.45) is 3.70.